The second kappa shape index (κ2) is 8.92. The molecule has 0 atom stereocenters. The second-order valence-electron chi connectivity index (χ2n) is 9.17. The molecule has 0 unspecified atom stereocenters. The molecule has 4 aromatic rings. The number of fused-ring (bicyclic) bond motifs is 2. The fraction of sp³-hybridized carbons (Fsp3) is 0.480. The molecule has 2 fully saturated rings. The predicted octanol–water partition coefficient (Wildman–Crippen LogP) is 2.73. The van der Waals surface area contributed by atoms with E-state index in [2.05, 4.69) is 11.8 Å². The molecule has 6 rings (SSSR count). The number of carbonyl (C=O) groups is 1. The Morgan fingerprint density at radius 2 is 1.74 bits per heavy atom. The quantitative estimate of drug-likeness (QED) is 0.449. The number of carbonyl (C=O) groups excluding carboxylic acids is 1. The second-order valence-corrected chi connectivity index (χ2v) is 9.17. The number of imidazole rings is 2. The number of morpholine rings is 1. The van der Waals surface area contributed by atoms with Crippen molar-refractivity contribution in [2.24, 2.45) is 7.05 Å². The number of ether oxygens (including phenoxy) is 1. The summed E-state index contributed by atoms with van der Waals surface area (Å²) in [6.07, 6.45) is 3.98. The minimum absolute atomic E-state index is 0.0398. The van der Waals surface area contributed by atoms with Crippen LogP contribution in [0.5, 0.6) is 0 Å². The van der Waals surface area contributed by atoms with Crippen LogP contribution in [0.2, 0.25) is 0 Å². The third kappa shape index (κ3) is 3.72. The largest absolute Gasteiger partial charge is 0.378 e. The van der Waals surface area contributed by atoms with Gasteiger partial charge in [0.1, 0.15) is 5.82 Å². The molecule has 10 nitrogen and oxygen atoms in total. The van der Waals surface area contributed by atoms with E-state index in [1.165, 1.54) is 6.42 Å². The topological polar surface area (TPSA) is 94.2 Å². The van der Waals surface area contributed by atoms with E-state index in [1.807, 2.05) is 45.3 Å². The average molecular weight is 475 g/mol. The minimum Gasteiger partial charge on any atom is -0.378 e. The van der Waals surface area contributed by atoms with Crippen LogP contribution in [0.15, 0.2) is 24.3 Å². The van der Waals surface area contributed by atoms with Crippen molar-refractivity contribution in [1.29, 1.82) is 0 Å². The van der Waals surface area contributed by atoms with E-state index in [9.17, 15) is 4.79 Å². The molecule has 182 valence electrons. The van der Waals surface area contributed by atoms with Crippen LogP contribution in [0.1, 0.15) is 42.6 Å². The van der Waals surface area contributed by atoms with Crippen molar-refractivity contribution in [2.75, 3.05) is 44.3 Å². The van der Waals surface area contributed by atoms with Crippen LogP contribution in [-0.2, 0) is 18.2 Å². The van der Waals surface area contributed by atoms with Crippen LogP contribution in [0.4, 0.5) is 5.82 Å². The molecule has 3 aromatic heterocycles. The summed E-state index contributed by atoms with van der Waals surface area (Å²) in [6.45, 7) is 6.31. The monoisotopic (exact) mass is 474 g/mol. The number of nitrogens with zero attached hydrogens (tertiary/aromatic N) is 8. The van der Waals surface area contributed by atoms with Crippen molar-refractivity contribution in [3.8, 4) is 5.95 Å². The maximum Gasteiger partial charge on any atom is 0.289 e. The van der Waals surface area contributed by atoms with Crippen molar-refractivity contribution in [3.05, 3.63) is 35.9 Å². The van der Waals surface area contributed by atoms with Crippen LogP contribution in [0.3, 0.4) is 0 Å². The molecule has 0 aliphatic carbocycles. The van der Waals surface area contributed by atoms with E-state index in [4.69, 9.17) is 24.7 Å². The molecular weight excluding hydrogens is 444 g/mol. The zero-order valence-electron chi connectivity index (χ0n) is 20.3. The van der Waals surface area contributed by atoms with Crippen LogP contribution in [0, 0.1) is 0 Å². The van der Waals surface area contributed by atoms with Crippen molar-refractivity contribution in [3.63, 3.8) is 0 Å². The number of aryl methyl sites for hydroxylation is 2. The summed E-state index contributed by atoms with van der Waals surface area (Å²) >= 11 is 0. The third-order valence-corrected chi connectivity index (χ3v) is 6.98. The van der Waals surface area contributed by atoms with Crippen molar-refractivity contribution < 1.29 is 9.53 Å². The van der Waals surface area contributed by atoms with E-state index in [-0.39, 0.29) is 5.91 Å². The van der Waals surface area contributed by atoms with Gasteiger partial charge in [-0.2, -0.15) is 9.97 Å². The lowest BCUT2D eigenvalue weighted by molar-refractivity contribution is 0.0709. The van der Waals surface area contributed by atoms with Crippen LogP contribution >= 0.6 is 0 Å². The van der Waals surface area contributed by atoms with Crippen molar-refractivity contribution in [1.82, 2.24) is 34.0 Å². The van der Waals surface area contributed by atoms with Crippen molar-refractivity contribution in [2.45, 2.75) is 32.6 Å². The highest BCUT2D eigenvalue weighted by Gasteiger charge is 2.28. The highest BCUT2D eigenvalue weighted by molar-refractivity contribution is 5.96. The Labute approximate surface area is 203 Å². The fourth-order valence-electron chi connectivity index (χ4n) is 5.10. The number of benzene rings is 1. The molecule has 2 aliphatic rings. The first-order valence-electron chi connectivity index (χ1n) is 12.5. The smallest absolute Gasteiger partial charge is 0.289 e. The van der Waals surface area contributed by atoms with E-state index in [0.29, 0.717) is 49.2 Å². The van der Waals surface area contributed by atoms with E-state index in [0.717, 1.165) is 55.0 Å². The lowest BCUT2D eigenvalue weighted by Crippen LogP contribution is -2.37. The Kier molecular flexibility index (Phi) is 5.60. The number of aromatic nitrogens is 6. The molecular formula is C25H30N8O2. The van der Waals surface area contributed by atoms with Gasteiger partial charge in [-0.15, -0.1) is 0 Å². The summed E-state index contributed by atoms with van der Waals surface area (Å²) in [4.78, 5) is 37.1. The molecule has 0 bridgehead atoms. The normalized spacial score (nSPS) is 17.0. The molecule has 0 radical (unpaired) electrons. The number of para-hydroxylation sites is 2. The SMILES string of the molecule is CCc1nc2ccccc2n1-c1nc(N2CCOCC2)c2nc(C(=O)N3CCCCC3)n(C)c2n1. The number of amides is 1. The Morgan fingerprint density at radius 3 is 2.51 bits per heavy atom. The minimum atomic E-state index is -0.0398. The summed E-state index contributed by atoms with van der Waals surface area (Å²) < 4.78 is 9.44. The number of likely N-dealkylation sites (tertiary alicyclic amines) is 1. The van der Waals surface area contributed by atoms with Gasteiger partial charge < -0.3 is 19.1 Å². The molecule has 10 heteroatoms. The van der Waals surface area contributed by atoms with Gasteiger partial charge in [0.05, 0.1) is 24.2 Å². The molecule has 35 heavy (non-hydrogen) atoms. The molecule has 5 heterocycles. The maximum absolute atomic E-state index is 13.4. The van der Waals surface area contributed by atoms with E-state index < -0.39 is 0 Å². The number of anilines is 1. The molecule has 1 aromatic carbocycles. The number of hydrogen-bond donors (Lipinski definition) is 0. The van der Waals surface area contributed by atoms with Crippen molar-refractivity contribution >= 4 is 33.9 Å². The Bertz CT molecular complexity index is 1400. The lowest BCUT2D eigenvalue weighted by Gasteiger charge is -2.28. The first kappa shape index (κ1) is 22.0. The zero-order valence-corrected chi connectivity index (χ0v) is 20.3. The van der Waals surface area contributed by atoms with Gasteiger partial charge in [-0.25, -0.2) is 9.97 Å². The number of hydrogen-bond acceptors (Lipinski definition) is 7. The summed E-state index contributed by atoms with van der Waals surface area (Å²) in [7, 11) is 1.87. The first-order valence-corrected chi connectivity index (χ1v) is 12.5. The molecule has 2 aliphatic heterocycles. The van der Waals surface area contributed by atoms with Gasteiger partial charge in [0, 0.05) is 39.6 Å². The Morgan fingerprint density at radius 1 is 0.971 bits per heavy atom. The molecule has 2 saturated heterocycles. The Hall–Kier alpha value is -3.53. The molecule has 0 spiro atoms. The number of piperidine rings is 1. The van der Waals surface area contributed by atoms with Gasteiger partial charge in [-0.05, 0) is 31.4 Å². The third-order valence-electron chi connectivity index (χ3n) is 6.98. The van der Waals surface area contributed by atoms with Crippen LogP contribution < -0.4 is 4.90 Å². The molecule has 1 amide bonds. The van der Waals surface area contributed by atoms with Gasteiger partial charge in [-0.3, -0.25) is 9.36 Å². The van der Waals surface area contributed by atoms with Gasteiger partial charge in [0.25, 0.3) is 5.91 Å². The molecule has 0 N–H and O–H groups in total. The van der Waals surface area contributed by atoms with Gasteiger partial charge in [0.15, 0.2) is 17.0 Å². The summed E-state index contributed by atoms with van der Waals surface area (Å²) in [5.74, 6) is 2.55. The zero-order chi connectivity index (χ0) is 23.9. The highest BCUT2D eigenvalue weighted by atomic mass is 16.5. The van der Waals surface area contributed by atoms with Crippen LogP contribution in [0.25, 0.3) is 28.1 Å². The first-order chi connectivity index (χ1) is 17.2. The standard InChI is InChI=1S/C25H30N8O2/c1-3-19-26-17-9-5-6-10-18(17)33(19)25-28-21-20(22(29-25)31-13-15-35-16-14-31)27-23(30(21)2)24(34)32-11-7-4-8-12-32/h5-6,9-10H,3-4,7-8,11-16H2,1-2H3. The fourth-order valence-corrected chi connectivity index (χ4v) is 5.10. The summed E-state index contributed by atoms with van der Waals surface area (Å²) in [6, 6.07) is 8.03. The summed E-state index contributed by atoms with van der Waals surface area (Å²) in [5.41, 5.74) is 3.17. The van der Waals surface area contributed by atoms with Crippen LogP contribution in [-0.4, -0.2) is 79.3 Å². The highest BCUT2D eigenvalue weighted by Crippen LogP contribution is 2.29. The Balaban J connectivity index is 1.56. The number of rotatable bonds is 4. The molecule has 0 saturated carbocycles. The van der Waals surface area contributed by atoms with Gasteiger partial charge >= 0.3 is 0 Å². The van der Waals surface area contributed by atoms with E-state index >= 15 is 0 Å². The van der Waals surface area contributed by atoms with Gasteiger partial charge in [-0.1, -0.05) is 19.1 Å². The maximum atomic E-state index is 13.4. The van der Waals surface area contributed by atoms with E-state index in [1.54, 1.807) is 0 Å². The lowest BCUT2D eigenvalue weighted by atomic mass is 10.1. The predicted molar refractivity (Wildman–Crippen MR) is 133 cm³/mol. The van der Waals surface area contributed by atoms with Gasteiger partial charge in [0.2, 0.25) is 11.8 Å². The summed E-state index contributed by atoms with van der Waals surface area (Å²) in [5, 5.41) is 0. The average Bonchev–Trinajstić information content (AvgIpc) is 3.46.